The average Bonchev–Trinajstić information content (AvgIpc) is 3.14. The van der Waals surface area contributed by atoms with Crippen molar-refractivity contribution in [1.82, 2.24) is 25.2 Å². The lowest BCUT2D eigenvalue weighted by Gasteiger charge is -2.12. The summed E-state index contributed by atoms with van der Waals surface area (Å²) in [7, 11) is 0. The summed E-state index contributed by atoms with van der Waals surface area (Å²) < 4.78 is 2.93. The number of fused-ring (bicyclic) bond motifs is 1. The maximum absolute atomic E-state index is 4.38. The summed E-state index contributed by atoms with van der Waals surface area (Å²) in [4.78, 5) is 4.38. The molecule has 0 bridgehead atoms. The predicted molar refractivity (Wildman–Crippen MR) is 92.0 cm³/mol. The molecule has 2 aromatic heterocycles. The van der Waals surface area contributed by atoms with Crippen molar-refractivity contribution in [3.63, 3.8) is 0 Å². The van der Waals surface area contributed by atoms with Gasteiger partial charge in [0, 0.05) is 5.56 Å². The Morgan fingerprint density at radius 3 is 2.61 bits per heavy atom. The van der Waals surface area contributed by atoms with Crippen molar-refractivity contribution in [2.24, 2.45) is 0 Å². The minimum Gasteiger partial charge on any atom is -0.245 e. The highest BCUT2D eigenvalue weighted by atomic mass is 32.1. The van der Waals surface area contributed by atoms with Gasteiger partial charge in [0.05, 0.1) is 21.4 Å². The Balaban J connectivity index is 1.99. The second kappa shape index (κ2) is 5.24. The molecule has 0 saturated carbocycles. The van der Waals surface area contributed by atoms with Crippen LogP contribution in [0.1, 0.15) is 16.7 Å². The molecule has 0 fully saturated rings. The Bertz CT molecular complexity index is 992. The van der Waals surface area contributed by atoms with Gasteiger partial charge in [-0.25, -0.2) is 4.98 Å². The number of nitrogens with zero attached hydrogens (tertiary/aromatic N) is 5. The van der Waals surface area contributed by atoms with Crippen LogP contribution in [0.2, 0.25) is 0 Å². The first-order valence-corrected chi connectivity index (χ1v) is 8.22. The zero-order chi connectivity index (χ0) is 16.0. The number of benzene rings is 2. The van der Waals surface area contributed by atoms with E-state index in [2.05, 4.69) is 53.4 Å². The number of rotatable bonds is 2. The molecule has 0 aliphatic rings. The monoisotopic (exact) mass is 321 g/mol. The zero-order valence-corrected chi connectivity index (χ0v) is 13.9. The Morgan fingerprint density at radius 1 is 1.04 bits per heavy atom. The van der Waals surface area contributed by atoms with Crippen molar-refractivity contribution in [3.05, 3.63) is 52.5 Å². The van der Waals surface area contributed by atoms with Crippen molar-refractivity contribution >= 4 is 21.6 Å². The lowest BCUT2D eigenvalue weighted by Crippen LogP contribution is -2.05. The summed E-state index contributed by atoms with van der Waals surface area (Å²) in [5.41, 5.74) is 8.43. The smallest absolute Gasteiger partial charge is 0.188 e. The molecule has 114 valence electrons. The Morgan fingerprint density at radius 2 is 1.83 bits per heavy atom. The highest BCUT2D eigenvalue weighted by molar-refractivity contribution is 7.17. The van der Waals surface area contributed by atoms with E-state index in [0.29, 0.717) is 0 Å². The molecule has 0 N–H and O–H groups in total. The lowest BCUT2D eigenvalue weighted by atomic mass is 10.0. The molecule has 0 saturated heterocycles. The first-order chi connectivity index (χ1) is 11.1. The summed E-state index contributed by atoms with van der Waals surface area (Å²) in [6.45, 7) is 6.28. The van der Waals surface area contributed by atoms with E-state index in [1.165, 1.54) is 5.56 Å². The van der Waals surface area contributed by atoms with Gasteiger partial charge in [0.2, 0.25) is 0 Å². The van der Waals surface area contributed by atoms with Crippen molar-refractivity contribution in [1.29, 1.82) is 0 Å². The summed E-state index contributed by atoms with van der Waals surface area (Å²) in [6.07, 6.45) is 0. The maximum Gasteiger partial charge on any atom is 0.188 e. The van der Waals surface area contributed by atoms with Crippen molar-refractivity contribution < 1.29 is 0 Å². The van der Waals surface area contributed by atoms with Gasteiger partial charge >= 0.3 is 0 Å². The molecule has 0 amide bonds. The molecular weight excluding hydrogens is 306 g/mol. The molecule has 0 spiro atoms. The van der Waals surface area contributed by atoms with Gasteiger partial charge in [0.1, 0.15) is 0 Å². The zero-order valence-electron chi connectivity index (χ0n) is 13.1. The van der Waals surface area contributed by atoms with Crippen LogP contribution >= 0.6 is 11.3 Å². The topological polar surface area (TPSA) is 56.5 Å². The standard InChI is InChI=1S/C17H15N5S/c1-10-7-11(2)15(12(3)8-10)22-17(19-20-21-22)13-5-4-6-14-16(13)23-9-18-14/h4-9H,1-3H3. The van der Waals surface area contributed by atoms with Crippen LogP contribution in [0.3, 0.4) is 0 Å². The number of hydrogen-bond acceptors (Lipinski definition) is 5. The van der Waals surface area contributed by atoms with Gasteiger partial charge in [-0.1, -0.05) is 23.8 Å². The third-order valence-corrected chi connectivity index (χ3v) is 4.79. The summed E-state index contributed by atoms with van der Waals surface area (Å²) in [5, 5.41) is 12.4. The van der Waals surface area contributed by atoms with Crippen LogP contribution in [0.25, 0.3) is 27.3 Å². The number of aryl methyl sites for hydroxylation is 3. The van der Waals surface area contributed by atoms with E-state index in [1.54, 1.807) is 11.3 Å². The quantitative estimate of drug-likeness (QED) is 0.562. The highest BCUT2D eigenvalue weighted by Crippen LogP contribution is 2.31. The Labute approximate surface area is 137 Å². The average molecular weight is 321 g/mol. The van der Waals surface area contributed by atoms with Crippen molar-refractivity contribution in [2.45, 2.75) is 20.8 Å². The largest absolute Gasteiger partial charge is 0.245 e. The van der Waals surface area contributed by atoms with Crippen LogP contribution in [0.5, 0.6) is 0 Å². The molecule has 23 heavy (non-hydrogen) atoms. The minimum absolute atomic E-state index is 0.745. The van der Waals surface area contributed by atoms with Gasteiger partial charge in [0.15, 0.2) is 5.82 Å². The Hall–Kier alpha value is -2.60. The van der Waals surface area contributed by atoms with E-state index in [-0.39, 0.29) is 0 Å². The molecule has 4 rings (SSSR count). The predicted octanol–water partition coefficient (Wildman–Crippen LogP) is 3.86. The lowest BCUT2D eigenvalue weighted by molar-refractivity contribution is 0.783. The maximum atomic E-state index is 4.38. The number of tetrazole rings is 1. The molecule has 2 heterocycles. The summed E-state index contributed by atoms with van der Waals surface area (Å²) >= 11 is 1.61. The van der Waals surface area contributed by atoms with Crippen LogP contribution < -0.4 is 0 Å². The summed E-state index contributed by atoms with van der Waals surface area (Å²) in [5.74, 6) is 0.745. The second-order valence-corrected chi connectivity index (χ2v) is 6.52. The van der Waals surface area contributed by atoms with E-state index in [4.69, 9.17) is 0 Å². The van der Waals surface area contributed by atoms with Crippen molar-refractivity contribution in [2.75, 3.05) is 0 Å². The molecule has 2 aromatic carbocycles. The molecule has 0 radical (unpaired) electrons. The van der Waals surface area contributed by atoms with Gasteiger partial charge in [-0.3, -0.25) is 0 Å². The molecule has 0 aliphatic heterocycles. The summed E-state index contributed by atoms with van der Waals surface area (Å²) in [6, 6.07) is 10.3. The molecular formula is C17H15N5S. The van der Waals surface area contributed by atoms with E-state index < -0.39 is 0 Å². The Kier molecular flexibility index (Phi) is 3.20. The van der Waals surface area contributed by atoms with Crippen LogP contribution in [0.15, 0.2) is 35.8 Å². The molecule has 0 aliphatic carbocycles. The van der Waals surface area contributed by atoms with E-state index >= 15 is 0 Å². The van der Waals surface area contributed by atoms with Gasteiger partial charge in [-0.2, -0.15) is 4.68 Å². The normalized spacial score (nSPS) is 11.3. The first kappa shape index (κ1) is 14.0. The van der Waals surface area contributed by atoms with Crippen LogP contribution in [-0.4, -0.2) is 25.2 Å². The first-order valence-electron chi connectivity index (χ1n) is 7.34. The molecule has 6 heteroatoms. The number of hydrogen-bond donors (Lipinski definition) is 0. The fraction of sp³-hybridized carbons (Fsp3) is 0.176. The molecule has 4 aromatic rings. The van der Waals surface area contributed by atoms with Gasteiger partial charge in [-0.05, 0) is 54.5 Å². The minimum atomic E-state index is 0.745. The van der Waals surface area contributed by atoms with Gasteiger partial charge in [0.25, 0.3) is 0 Å². The fourth-order valence-corrected chi connectivity index (χ4v) is 3.87. The number of thiazole rings is 1. The van der Waals surface area contributed by atoms with E-state index in [0.717, 1.165) is 38.4 Å². The SMILES string of the molecule is Cc1cc(C)c(-n2nnnc2-c2cccc3ncsc23)c(C)c1. The molecule has 0 atom stereocenters. The van der Waals surface area contributed by atoms with E-state index in [9.17, 15) is 0 Å². The van der Waals surface area contributed by atoms with E-state index in [1.807, 2.05) is 28.4 Å². The highest BCUT2D eigenvalue weighted by Gasteiger charge is 2.17. The van der Waals surface area contributed by atoms with Crippen molar-refractivity contribution in [3.8, 4) is 17.1 Å². The third kappa shape index (κ3) is 2.22. The fourth-order valence-electron chi connectivity index (χ4n) is 3.07. The van der Waals surface area contributed by atoms with Crippen LogP contribution in [-0.2, 0) is 0 Å². The second-order valence-electron chi connectivity index (χ2n) is 5.67. The van der Waals surface area contributed by atoms with Gasteiger partial charge < -0.3 is 0 Å². The third-order valence-electron chi connectivity index (χ3n) is 3.91. The van der Waals surface area contributed by atoms with Gasteiger partial charge in [-0.15, -0.1) is 16.4 Å². The van der Waals surface area contributed by atoms with Crippen LogP contribution in [0.4, 0.5) is 0 Å². The molecule has 0 unspecified atom stereocenters. The molecule has 5 nitrogen and oxygen atoms in total. The number of aromatic nitrogens is 5. The van der Waals surface area contributed by atoms with Crippen LogP contribution in [0, 0.1) is 20.8 Å².